The molecule has 0 saturated carbocycles. The molecule has 0 radical (unpaired) electrons. The molecule has 116 valence electrons. The lowest BCUT2D eigenvalue weighted by Crippen LogP contribution is -2.24. The van der Waals surface area contributed by atoms with Gasteiger partial charge in [0, 0.05) is 31.2 Å². The lowest BCUT2D eigenvalue weighted by atomic mass is 10.1. The molecule has 3 rings (SSSR count). The molecule has 2 aromatic rings. The van der Waals surface area contributed by atoms with Gasteiger partial charge in [-0.05, 0) is 6.92 Å². The zero-order chi connectivity index (χ0) is 15.7. The van der Waals surface area contributed by atoms with Gasteiger partial charge in [-0.25, -0.2) is 0 Å². The Hall–Kier alpha value is -2.57. The van der Waals surface area contributed by atoms with Crippen molar-refractivity contribution in [2.24, 2.45) is 0 Å². The van der Waals surface area contributed by atoms with Crippen LogP contribution in [0.5, 0.6) is 11.5 Å². The maximum Gasteiger partial charge on any atom is 0.232 e. The quantitative estimate of drug-likeness (QED) is 0.858. The van der Waals surface area contributed by atoms with Crippen LogP contribution in [0.2, 0.25) is 0 Å². The first-order chi connectivity index (χ1) is 10.6. The Labute approximate surface area is 127 Å². The first-order valence-electron chi connectivity index (χ1n) is 6.94. The molecule has 2 heterocycles. The van der Waals surface area contributed by atoms with E-state index in [1.165, 1.54) is 0 Å². The summed E-state index contributed by atoms with van der Waals surface area (Å²) in [5.41, 5.74) is 0.736. The van der Waals surface area contributed by atoms with Crippen LogP contribution in [-0.4, -0.2) is 36.8 Å². The summed E-state index contributed by atoms with van der Waals surface area (Å²) in [7, 11) is 3.16. The van der Waals surface area contributed by atoms with Crippen molar-refractivity contribution in [3.63, 3.8) is 0 Å². The summed E-state index contributed by atoms with van der Waals surface area (Å²) in [6, 6.07) is 5.38. The highest BCUT2D eigenvalue weighted by Crippen LogP contribution is 2.35. The van der Waals surface area contributed by atoms with Gasteiger partial charge in [0.05, 0.1) is 25.8 Å². The van der Waals surface area contributed by atoms with Gasteiger partial charge in [-0.15, -0.1) is 0 Å². The molecule has 0 N–H and O–H groups in total. The summed E-state index contributed by atoms with van der Waals surface area (Å²) in [6.45, 7) is 2.26. The first kappa shape index (κ1) is 14.4. The van der Waals surface area contributed by atoms with Gasteiger partial charge < -0.3 is 18.9 Å². The van der Waals surface area contributed by atoms with E-state index in [0.29, 0.717) is 36.2 Å². The smallest absolute Gasteiger partial charge is 0.232 e. The van der Waals surface area contributed by atoms with E-state index in [-0.39, 0.29) is 11.8 Å². The minimum Gasteiger partial charge on any atom is -0.497 e. The third-order valence-electron chi connectivity index (χ3n) is 3.67. The molecule has 1 aromatic heterocycles. The minimum atomic E-state index is -0.0918. The third kappa shape index (κ3) is 2.61. The SMILES string of the molecule is COc1cc(OC)cc(N2CC(c3nc(C)no3)CC2=O)c1. The number of benzene rings is 1. The molecule has 1 amide bonds. The summed E-state index contributed by atoms with van der Waals surface area (Å²) >= 11 is 0. The molecule has 7 heteroatoms. The topological polar surface area (TPSA) is 77.7 Å². The predicted octanol–water partition coefficient (Wildman–Crippen LogP) is 1.92. The van der Waals surface area contributed by atoms with Crippen molar-refractivity contribution in [1.82, 2.24) is 10.1 Å². The summed E-state index contributed by atoms with van der Waals surface area (Å²) < 4.78 is 15.7. The highest BCUT2D eigenvalue weighted by molar-refractivity contribution is 5.96. The Bertz CT molecular complexity index is 676. The molecule has 1 aromatic carbocycles. The Morgan fingerprint density at radius 1 is 1.23 bits per heavy atom. The number of methoxy groups -OCH3 is 2. The monoisotopic (exact) mass is 303 g/mol. The minimum absolute atomic E-state index is 0.0103. The molecule has 1 atom stereocenters. The number of carbonyl (C=O) groups excluding carboxylic acids is 1. The maximum absolute atomic E-state index is 12.3. The number of ether oxygens (including phenoxy) is 2. The van der Waals surface area contributed by atoms with Crippen molar-refractivity contribution in [1.29, 1.82) is 0 Å². The van der Waals surface area contributed by atoms with Crippen molar-refractivity contribution in [2.75, 3.05) is 25.7 Å². The van der Waals surface area contributed by atoms with E-state index in [2.05, 4.69) is 10.1 Å². The van der Waals surface area contributed by atoms with E-state index in [4.69, 9.17) is 14.0 Å². The first-order valence-corrected chi connectivity index (χ1v) is 6.94. The number of hydrogen-bond donors (Lipinski definition) is 0. The average molecular weight is 303 g/mol. The van der Waals surface area contributed by atoms with Crippen LogP contribution < -0.4 is 14.4 Å². The lowest BCUT2D eigenvalue weighted by molar-refractivity contribution is -0.117. The highest BCUT2D eigenvalue weighted by Gasteiger charge is 2.35. The van der Waals surface area contributed by atoms with E-state index < -0.39 is 0 Å². The average Bonchev–Trinajstić information content (AvgIpc) is 3.12. The van der Waals surface area contributed by atoms with Crippen LogP contribution in [0, 0.1) is 6.92 Å². The fourth-order valence-corrected chi connectivity index (χ4v) is 2.55. The molecule has 1 saturated heterocycles. The molecular formula is C15H17N3O4. The van der Waals surface area contributed by atoms with Crippen molar-refractivity contribution in [3.8, 4) is 11.5 Å². The van der Waals surface area contributed by atoms with E-state index >= 15 is 0 Å². The third-order valence-corrected chi connectivity index (χ3v) is 3.67. The van der Waals surface area contributed by atoms with Crippen LogP contribution in [0.25, 0.3) is 0 Å². The van der Waals surface area contributed by atoms with Crippen LogP contribution in [-0.2, 0) is 4.79 Å². The predicted molar refractivity (Wildman–Crippen MR) is 78.3 cm³/mol. The molecule has 1 unspecified atom stereocenters. The number of aryl methyl sites for hydroxylation is 1. The zero-order valence-corrected chi connectivity index (χ0v) is 12.7. The number of aromatic nitrogens is 2. The number of amides is 1. The number of nitrogens with zero attached hydrogens (tertiary/aromatic N) is 3. The van der Waals surface area contributed by atoms with E-state index in [0.717, 1.165) is 5.69 Å². The van der Waals surface area contributed by atoms with Gasteiger partial charge in [0.1, 0.15) is 11.5 Å². The van der Waals surface area contributed by atoms with Crippen LogP contribution in [0.3, 0.4) is 0 Å². The van der Waals surface area contributed by atoms with Crippen LogP contribution in [0.1, 0.15) is 24.1 Å². The Morgan fingerprint density at radius 2 is 1.91 bits per heavy atom. The summed E-state index contributed by atoms with van der Waals surface area (Å²) in [4.78, 5) is 18.2. The molecule has 7 nitrogen and oxygen atoms in total. The standard InChI is InChI=1S/C15H17N3O4/c1-9-16-15(22-17-9)10-4-14(19)18(8-10)11-5-12(20-2)7-13(6-11)21-3/h5-7,10H,4,8H2,1-3H3. The molecule has 1 aliphatic heterocycles. The van der Waals surface area contributed by atoms with Crippen molar-refractivity contribution >= 4 is 11.6 Å². The van der Waals surface area contributed by atoms with E-state index in [1.807, 2.05) is 12.1 Å². The molecule has 0 spiro atoms. The van der Waals surface area contributed by atoms with E-state index in [9.17, 15) is 4.79 Å². The van der Waals surface area contributed by atoms with Crippen LogP contribution in [0.15, 0.2) is 22.7 Å². The summed E-state index contributed by atoms with van der Waals surface area (Å²) in [5, 5.41) is 3.78. The van der Waals surface area contributed by atoms with Gasteiger partial charge in [0.2, 0.25) is 11.8 Å². The normalized spacial score (nSPS) is 17.9. The highest BCUT2D eigenvalue weighted by atomic mass is 16.5. The Morgan fingerprint density at radius 3 is 2.45 bits per heavy atom. The van der Waals surface area contributed by atoms with E-state index in [1.54, 1.807) is 32.1 Å². The maximum atomic E-state index is 12.3. The van der Waals surface area contributed by atoms with Crippen LogP contribution >= 0.6 is 0 Å². The largest absolute Gasteiger partial charge is 0.497 e. The lowest BCUT2D eigenvalue weighted by Gasteiger charge is -2.18. The fraction of sp³-hybridized carbons (Fsp3) is 0.400. The van der Waals surface area contributed by atoms with Crippen LogP contribution in [0.4, 0.5) is 5.69 Å². The molecule has 1 fully saturated rings. The zero-order valence-electron chi connectivity index (χ0n) is 12.7. The van der Waals surface area contributed by atoms with Crippen molar-refractivity contribution < 1.29 is 18.8 Å². The summed E-state index contributed by atoms with van der Waals surface area (Å²) in [5.74, 6) is 2.27. The Balaban J connectivity index is 1.87. The van der Waals surface area contributed by atoms with Gasteiger partial charge in [-0.3, -0.25) is 4.79 Å². The fourth-order valence-electron chi connectivity index (χ4n) is 2.55. The number of rotatable bonds is 4. The number of anilines is 1. The van der Waals surface area contributed by atoms with Gasteiger partial charge in [-0.1, -0.05) is 5.16 Å². The van der Waals surface area contributed by atoms with Crippen molar-refractivity contribution in [2.45, 2.75) is 19.3 Å². The van der Waals surface area contributed by atoms with Gasteiger partial charge in [-0.2, -0.15) is 4.98 Å². The second-order valence-electron chi connectivity index (χ2n) is 5.16. The molecule has 1 aliphatic rings. The molecule has 0 aliphatic carbocycles. The number of carbonyl (C=O) groups is 1. The van der Waals surface area contributed by atoms with Gasteiger partial charge in [0.15, 0.2) is 5.82 Å². The summed E-state index contributed by atoms with van der Waals surface area (Å²) in [6.07, 6.45) is 0.348. The molecule has 0 bridgehead atoms. The molecule has 22 heavy (non-hydrogen) atoms. The Kier molecular flexibility index (Phi) is 3.70. The van der Waals surface area contributed by atoms with Gasteiger partial charge >= 0.3 is 0 Å². The second-order valence-corrected chi connectivity index (χ2v) is 5.16. The van der Waals surface area contributed by atoms with Gasteiger partial charge in [0.25, 0.3) is 0 Å². The number of hydrogen-bond acceptors (Lipinski definition) is 6. The van der Waals surface area contributed by atoms with Crippen molar-refractivity contribution in [3.05, 3.63) is 29.9 Å². The molecular weight excluding hydrogens is 286 g/mol. The second kappa shape index (κ2) is 5.67.